The van der Waals surface area contributed by atoms with Crippen molar-refractivity contribution in [2.75, 3.05) is 32.2 Å². The molecule has 6 rings (SSSR count). The van der Waals surface area contributed by atoms with Crippen LogP contribution < -0.4 is 9.64 Å². The number of amides is 1. The maximum Gasteiger partial charge on any atom is 0.414 e. The quantitative estimate of drug-likeness (QED) is 0.776. The summed E-state index contributed by atoms with van der Waals surface area (Å²) in [5.41, 5.74) is 2.80. The molecule has 4 fully saturated rings. The molecule has 1 aromatic rings. The molecular formula is C21H26N2O3. The zero-order valence-electron chi connectivity index (χ0n) is 15.6. The number of methoxy groups -OCH3 is 2. The van der Waals surface area contributed by atoms with Crippen LogP contribution in [0.25, 0.3) is 0 Å². The number of carbonyl (C=O) groups is 1. The number of carbonyl (C=O) groups excluding carboxylic acids is 1. The Balaban J connectivity index is 1.55. The van der Waals surface area contributed by atoms with Gasteiger partial charge in [0.15, 0.2) is 0 Å². The minimum atomic E-state index is -0.194. The first-order valence-corrected chi connectivity index (χ1v) is 9.95. The number of hydrogen-bond acceptors (Lipinski definition) is 4. The minimum Gasteiger partial charge on any atom is -0.497 e. The van der Waals surface area contributed by atoms with Gasteiger partial charge < -0.3 is 9.47 Å². The van der Waals surface area contributed by atoms with Gasteiger partial charge in [0.1, 0.15) is 5.75 Å². The van der Waals surface area contributed by atoms with E-state index in [9.17, 15) is 4.79 Å². The molecule has 5 aliphatic rings. The van der Waals surface area contributed by atoms with Crippen LogP contribution in [0.1, 0.15) is 44.1 Å². The molecule has 2 aliphatic carbocycles. The van der Waals surface area contributed by atoms with Crippen LogP contribution in [0.4, 0.5) is 10.5 Å². The molecule has 138 valence electrons. The third-order valence-corrected chi connectivity index (χ3v) is 8.61. The summed E-state index contributed by atoms with van der Waals surface area (Å²) in [7, 11) is 3.23. The minimum absolute atomic E-state index is 0.0608. The Kier molecular flexibility index (Phi) is 2.69. The molecule has 3 aliphatic heterocycles. The van der Waals surface area contributed by atoms with E-state index in [1.807, 2.05) is 11.0 Å². The summed E-state index contributed by atoms with van der Waals surface area (Å²) >= 11 is 0. The lowest BCUT2D eigenvalue weighted by molar-refractivity contribution is 0.0807. The van der Waals surface area contributed by atoms with Crippen molar-refractivity contribution in [1.29, 1.82) is 0 Å². The van der Waals surface area contributed by atoms with Gasteiger partial charge in [-0.05, 0) is 81.3 Å². The standard InChI is InChI=1S/C21H26N2O3/c1-25-14-4-5-16-15(12-14)20-9-11-22-10-3-6-19(22)7-8-21(20,17(20)13-19)23(16)18(24)26-2/h4-5,12,17H,3,6-11,13H2,1-2H3. The summed E-state index contributed by atoms with van der Waals surface area (Å²) in [6, 6.07) is 6.23. The summed E-state index contributed by atoms with van der Waals surface area (Å²) < 4.78 is 10.8. The van der Waals surface area contributed by atoms with Crippen molar-refractivity contribution in [3.05, 3.63) is 23.8 Å². The predicted octanol–water partition coefficient (Wildman–Crippen LogP) is 3.31. The van der Waals surface area contributed by atoms with Crippen LogP contribution in [-0.2, 0) is 10.2 Å². The fourth-order valence-corrected chi connectivity index (χ4v) is 7.66. The van der Waals surface area contributed by atoms with Crippen LogP contribution in [-0.4, -0.2) is 49.4 Å². The summed E-state index contributed by atoms with van der Waals surface area (Å²) in [5.74, 6) is 1.45. The number of benzene rings is 1. The van der Waals surface area contributed by atoms with Crippen molar-refractivity contribution in [3.8, 4) is 5.75 Å². The van der Waals surface area contributed by atoms with Crippen LogP contribution in [0.15, 0.2) is 18.2 Å². The normalized spacial score (nSPS) is 41.8. The van der Waals surface area contributed by atoms with E-state index < -0.39 is 0 Å². The first-order valence-electron chi connectivity index (χ1n) is 9.95. The molecule has 1 aromatic carbocycles. The van der Waals surface area contributed by atoms with Crippen LogP contribution >= 0.6 is 0 Å². The van der Waals surface area contributed by atoms with Gasteiger partial charge in [-0.3, -0.25) is 9.80 Å². The summed E-state index contributed by atoms with van der Waals surface area (Å²) in [4.78, 5) is 17.7. The van der Waals surface area contributed by atoms with Crippen molar-refractivity contribution < 1.29 is 14.3 Å². The highest BCUT2D eigenvalue weighted by molar-refractivity contribution is 5.97. The second-order valence-electron chi connectivity index (χ2n) is 8.91. The second kappa shape index (κ2) is 4.56. The first kappa shape index (κ1) is 15.3. The maximum atomic E-state index is 12.9. The molecule has 5 heteroatoms. The zero-order valence-corrected chi connectivity index (χ0v) is 15.6. The molecule has 0 radical (unpaired) electrons. The molecule has 2 bridgehead atoms. The van der Waals surface area contributed by atoms with Crippen LogP contribution in [0.2, 0.25) is 0 Å². The van der Waals surface area contributed by atoms with E-state index in [1.54, 1.807) is 7.11 Å². The van der Waals surface area contributed by atoms with Crippen LogP contribution in [0, 0.1) is 5.92 Å². The predicted molar refractivity (Wildman–Crippen MR) is 97.8 cm³/mol. The van der Waals surface area contributed by atoms with Gasteiger partial charge in [0.05, 0.1) is 25.4 Å². The molecule has 0 N–H and O–H groups in total. The topological polar surface area (TPSA) is 42.0 Å². The summed E-state index contributed by atoms with van der Waals surface area (Å²) in [6.07, 6.45) is 7.16. The third-order valence-electron chi connectivity index (χ3n) is 8.61. The molecular weight excluding hydrogens is 328 g/mol. The Morgan fingerprint density at radius 2 is 2.04 bits per heavy atom. The molecule has 0 aromatic heterocycles. The second-order valence-corrected chi connectivity index (χ2v) is 8.91. The molecule has 26 heavy (non-hydrogen) atoms. The summed E-state index contributed by atoms with van der Waals surface area (Å²) in [6.45, 7) is 2.41. The highest BCUT2D eigenvalue weighted by atomic mass is 16.5. The number of rotatable bonds is 1. The Hall–Kier alpha value is -1.75. The van der Waals surface area contributed by atoms with Gasteiger partial charge in [0, 0.05) is 11.0 Å². The van der Waals surface area contributed by atoms with Crippen LogP contribution in [0.3, 0.4) is 0 Å². The first-order chi connectivity index (χ1) is 12.6. The fourth-order valence-electron chi connectivity index (χ4n) is 7.66. The van der Waals surface area contributed by atoms with E-state index in [0.717, 1.165) is 30.8 Å². The van der Waals surface area contributed by atoms with E-state index in [2.05, 4.69) is 17.0 Å². The average molecular weight is 354 g/mol. The van der Waals surface area contributed by atoms with E-state index in [-0.39, 0.29) is 17.0 Å². The molecule has 2 saturated carbocycles. The smallest absolute Gasteiger partial charge is 0.414 e. The molecule has 1 amide bonds. The SMILES string of the molecule is COC(=O)N1c2ccc(OC)cc2C23CCN4CCCC45CCC12C3C5. The monoisotopic (exact) mass is 354 g/mol. The van der Waals surface area contributed by atoms with E-state index in [1.165, 1.54) is 44.9 Å². The molecule has 4 atom stereocenters. The Labute approximate surface area is 154 Å². The number of anilines is 1. The van der Waals surface area contributed by atoms with Crippen LogP contribution in [0.5, 0.6) is 5.75 Å². The van der Waals surface area contributed by atoms with Crippen molar-refractivity contribution in [1.82, 2.24) is 4.90 Å². The molecule has 3 heterocycles. The van der Waals surface area contributed by atoms with Gasteiger partial charge >= 0.3 is 6.09 Å². The lowest BCUT2D eigenvalue weighted by Crippen LogP contribution is -2.54. The summed E-state index contributed by atoms with van der Waals surface area (Å²) in [5, 5.41) is 0. The van der Waals surface area contributed by atoms with Crippen molar-refractivity contribution in [2.45, 2.75) is 55.0 Å². The Bertz CT molecular complexity index is 825. The fraction of sp³-hybridized carbons (Fsp3) is 0.667. The van der Waals surface area contributed by atoms with E-state index in [0.29, 0.717) is 11.5 Å². The number of ether oxygens (including phenoxy) is 2. The average Bonchev–Trinajstić information content (AvgIpc) is 2.97. The van der Waals surface area contributed by atoms with Gasteiger partial charge in [-0.1, -0.05) is 0 Å². The van der Waals surface area contributed by atoms with Gasteiger partial charge in [-0.2, -0.15) is 0 Å². The molecule has 2 saturated heterocycles. The van der Waals surface area contributed by atoms with Crippen molar-refractivity contribution >= 4 is 11.8 Å². The molecule has 3 spiro atoms. The zero-order chi connectivity index (χ0) is 17.7. The van der Waals surface area contributed by atoms with Gasteiger partial charge in [0.25, 0.3) is 0 Å². The Morgan fingerprint density at radius 3 is 2.85 bits per heavy atom. The highest BCUT2D eigenvalue weighted by Gasteiger charge is 2.86. The molecule has 5 nitrogen and oxygen atoms in total. The third kappa shape index (κ3) is 1.38. The molecule has 4 unspecified atom stereocenters. The van der Waals surface area contributed by atoms with Gasteiger partial charge in [-0.15, -0.1) is 0 Å². The number of nitrogens with zero attached hydrogens (tertiary/aromatic N) is 2. The van der Waals surface area contributed by atoms with Gasteiger partial charge in [-0.25, -0.2) is 4.79 Å². The maximum absolute atomic E-state index is 12.9. The Morgan fingerprint density at radius 1 is 1.15 bits per heavy atom. The van der Waals surface area contributed by atoms with Crippen molar-refractivity contribution in [2.24, 2.45) is 5.92 Å². The highest BCUT2D eigenvalue weighted by Crippen LogP contribution is 2.81. The van der Waals surface area contributed by atoms with E-state index in [4.69, 9.17) is 9.47 Å². The number of hydrogen-bond donors (Lipinski definition) is 0. The lowest BCUT2D eigenvalue weighted by atomic mass is 9.77. The number of fused-ring (bicyclic) bond motifs is 1. The van der Waals surface area contributed by atoms with Crippen molar-refractivity contribution in [3.63, 3.8) is 0 Å². The van der Waals surface area contributed by atoms with E-state index >= 15 is 0 Å². The largest absolute Gasteiger partial charge is 0.497 e. The lowest BCUT2D eigenvalue weighted by Gasteiger charge is -2.46. The van der Waals surface area contributed by atoms with Gasteiger partial charge in [0.2, 0.25) is 0 Å².